The van der Waals surface area contributed by atoms with Crippen LogP contribution < -0.4 is 10.6 Å². The maximum atomic E-state index is 5.06. The minimum Gasteiger partial charge on any atom is -0.385 e. The van der Waals surface area contributed by atoms with Gasteiger partial charge in [-0.15, -0.1) is 35.7 Å². The van der Waals surface area contributed by atoms with Crippen LogP contribution in [0.3, 0.4) is 0 Å². The van der Waals surface area contributed by atoms with Crippen molar-refractivity contribution in [1.82, 2.24) is 10.6 Å². The number of nitrogens with zero attached hydrogens (tertiary/aromatic N) is 1. The second-order valence-corrected chi connectivity index (χ2v) is 7.55. The summed E-state index contributed by atoms with van der Waals surface area (Å²) in [6.45, 7) is 2.78. The summed E-state index contributed by atoms with van der Waals surface area (Å²) < 4.78 is 5.41. The van der Waals surface area contributed by atoms with Crippen LogP contribution >= 0.6 is 35.7 Å². The van der Waals surface area contributed by atoms with Gasteiger partial charge in [0.2, 0.25) is 0 Å². The number of unbranched alkanes of at least 4 members (excludes halogenated alkanes) is 2. The molecule has 0 heterocycles. The van der Waals surface area contributed by atoms with E-state index in [1.807, 2.05) is 18.8 Å². The summed E-state index contributed by atoms with van der Waals surface area (Å²) in [4.78, 5) is 5.67. The van der Waals surface area contributed by atoms with Gasteiger partial charge in [0.25, 0.3) is 0 Å². The summed E-state index contributed by atoms with van der Waals surface area (Å²) >= 11 is 1.99. The van der Waals surface area contributed by atoms with Crippen LogP contribution in [-0.2, 0) is 4.74 Å². The molecule has 0 aromatic heterocycles. The third kappa shape index (κ3) is 8.07. The van der Waals surface area contributed by atoms with E-state index in [0.717, 1.165) is 38.5 Å². The number of thioether (sulfide) groups is 1. The first-order valence-corrected chi connectivity index (χ1v) is 9.27. The average molecular weight is 463 g/mol. The topological polar surface area (TPSA) is 45.7 Å². The summed E-state index contributed by atoms with van der Waals surface area (Å²) in [5, 5.41) is 6.89. The van der Waals surface area contributed by atoms with Crippen molar-refractivity contribution in [1.29, 1.82) is 0 Å². The SMILES string of the molecule is CN=C(NCCCCCOC)NCC1(Sc2ccccc2)CC1.I. The summed E-state index contributed by atoms with van der Waals surface area (Å²) in [6.07, 6.45) is 6.00. The Morgan fingerprint density at radius 2 is 1.92 bits per heavy atom. The molecule has 1 aromatic rings. The molecule has 0 saturated heterocycles. The molecule has 2 rings (SSSR count). The lowest BCUT2D eigenvalue weighted by Crippen LogP contribution is -2.41. The Labute approximate surface area is 167 Å². The molecular weight excluding hydrogens is 433 g/mol. The van der Waals surface area contributed by atoms with Crippen LogP contribution in [0.15, 0.2) is 40.2 Å². The van der Waals surface area contributed by atoms with Crippen LogP contribution in [-0.4, -0.2) is 44.6 Å². The third-order valence-corrected chi connectivity index (χ3v) is 5.50. The second-order valence-electron chi connectivity index (χ2n) is 6.00. The Morgan fingerprint density at radius 3 is 2.54 bits per heavy atom. The largest absolute Gasteiger partial charge is 0.385 e. The Balaban J connectivity index is 0.00000288. The van der Waals surface area contributed by atoms with Crippen molar-refractivity contribution in [2.45, 2.75) is 41.7 Å². The number of nitrogens with one attached hydrogen (secondary N) is 2. The van der Waals surface area contributed by atoms with Crippen molar-refractivity contribution in [2.75, 3.05) is 33.9 Å². The number of hydrogen-bond acceptors (Lipinski definition) is 3. The van der Waals surface area contributed by atoms with Crippen LogP contribution in [0.5, 0.6) is 0 Å². The molecule has 1 aliphatic rings. The summed E-state index contributed by atoms with van der Waals surface area (Å²) in [7, 11) is 3.59. The Bertz CT molecular complexity index is 480. The van der Waals surface area contributed by atoms with Crippen LogP contribution in [0, 0.1) is 0 Å². The van der Waals surface area contributed by atoms with Crippen molar-refractivity contribution in [3.05, 3.63) is 30.3 Å². The Hall–Kier alpha value is -0.470. The lowest BCUT2D eigenvalue weighted by Gasteiger charge is -2.18. The van der Waals surface area contributed by atoms with Gasteiger partial charge in [-0.2, -0.15) is 0 Å². The van der Waals surface area contributed by atoms with Crippen molar-refractivity contribution < 1.29 is 4.74 Å². The number of hydrogen-bond donors (Lipinski definition) is 2. The van der Waals surface area contributed by atoms with Gasteiger partial charge in [0.15, 0.2) is 5.96 Å². The lowest BCUT2D eigenvalue weighted by molar-refractivity contribution is 0.192. The molecule has 1 aliphatic carbocycles. The molecule has 0 amide bonds. The van der Waals surface area contributed by atoms with Crippen molar-refractivity contribution in [3.63, 3.8) is 0 Å². The molecule has 6 heteroatoms. The maximum Gasteiger partial charge on any atom is 0.191 e. The molecule has 0 atom stereocenters. The maximum absolute atomic E-state index is 5.06. The molecule has 136 valence electrons. The monoisotopic (exact) mass is 463 g/mol. The van der Waals surface area contributed by atoms with E-state index >= 15 is 0 Å². The van der Waals surface area contributed by atoms with Gasteiger partial charge in [-0.1, -0.05) is 18.2 Å². The number of guanidine groups is 1. The summed E-state index contributed by atoms with van der Waals surface area (Å²) in [5.74, 6) is 0.914. The zero-order valence-electron chi connectivity index (χ0n) is 14.7. The van der Waals surface area contributed by atoms with E-state index in [2.05, 4.69) is 46.0 Å². The quantitative estimate of drug-likeness (QED) is 0.239. The normalized spacial score (nSPS) is 15.5. The van der Waals surface area contributed by atoms with Crippen molar-refractivity contribution in [2.24, 2.45) is 4.99 Å². The molecule has 0 aliphatic heterocycles. The molecule has 0 radical (unpaired) electrons. The molecule has 0 bridgehead atoms. The predicted octanol–water partition coefficient (Wildman–Crippen LogP) is 3.91. The number of aliphatic imine (C=N–C) groups is 1. The van der Waals surface area contributed by atoms with E-state index in [4.69, 9.17) is 4.74 Å². The molecule has 1 fully saturated rings. The molecule has 0 spiro atoms. The van der Waals surface area contributed by atoms with E-state index in [-0.39, 0.29) is 24.0 Å². The fourth-order valence-electron chi connectivity index (χ4n) is 2.41. The smallest absolute Gasteiger partial charge is 0.191 e. The highest BCUT2D eigenvalue weighted by Gasteiger charge is 2.43. The second kappa shape index (κ2) is 12.0. The highest BCUT2D eigenvalue weighted by molar-refractivity contribution is 14.0. The number of ether oxygens (including phenoxy) is 1. The number of rotatable bonds is 10. The van der Waals surface area contributed by atoms with Gasteiger partial charge in [-0.05, 0) is 44.2 Å². The first-order chi connectivity index (χ1) is 11.3. The third-order valence-electron chi connectivity index (χ3n) is 4.00. The van der Waals surface area contributed by atoms with Gasteiger partial charge in [0.05, 0.1) is 0 Å². The summed E-state index contributed by atoms with van der Waals surface area (Å²) in [6, 6.07) is 10.7. The first kappa shape index (κ1) is 21.6. The van der Waals surface area contributed by atoms with E-state index < -0.39 is 0 Å². The van der Waals surface area contributed by atoms with Crippen molar-refractivity contribution >= 4 is 41.7 Å². The van der Waals surface area contributed by atoms with Crippen LogP contribution in [0.2, 0.25) is 0 Å². The standard InChI is InChI=1S/C18H29N3OS.HI/c1-19-17(20-13-7-4-8-14-22-2)21-15-18(11-12-18)23-16-9-5-3-6-10-16;/h3,5-6,9-10H,4,7-8,11-15H2,1-2H3,(H2,19,20,21);1H. The van der Waals surface area contributed by atoms with E-state index in [1.54, 1.807) is 7.11 Å². The zero-order chi connectivity index (χ0) is 16.4. The summed E-state index contributed by atoms with van der Waals surface area (Å²) in [5.41, 5.74) is 0. The van der Waals surface area contributed by atoms with E-state index in [9.17, 15) is 0 Å². The molecular formula is C18H30IN3OS. The number of benzene rings is 1. The minimum atomic E-state index is 0. The molecule has 4 nitrogen and oxygen atoms in total. The minimum absolute atomic E-state index is 0. The van der Waals surface area contributed by atoms with Crippen LogP contribution in [0.4, 0.5) is 0 Å². The molecule has 1 aromatic carbocycles. The Morgan fingerprint density at radius 1 is 1.17 bits per heavy atom. The van der Waals surface area contributed by atoms with Gasteiger partial charge in [0, 0.05) is 43.5 Å². The van der Waals surface area contributed by atoms with Crippen LogP contribution in [0.25, 0.3) is 0 Å². The highest BCUT2D eigenvalue weighted by atomic mass is 127. The Kier molecular flexibility index (Phi) is 10.8. The van der Waals surface area contributed by atoms with Gasteiger partial charge in [0.1, 0.15) is 0 Å². The fraction of sp³-hybridized carbons (Fsp3) is 0.611. The molecule has 0 unspecified atom stereocenters. The van der Waals surface area contributed by atoms with Gasteiger partial charge >= 0.3 is 0 Å². The fourth-order valence-corrected chi connectivity index (χ4v) is 3.66. The average Bonchev–Trinajstić information content (AvgIpc) is 3.34. The molecule has 24 heavy (non-hydrogen) atoms. The van der Waals surface area contributed by atoms with Crippen LogP contribution in [0.1, 0.15) is 32.1 Å². The number of halogens is 1. The predicted molar refractivity (Wildman–Crippen MR) is 115 cm³/mol. The van der Waals surface area contributed by atoms with Crippen molar-refractivity contribution in [3.8, 4) is 0 Å². The number of methoxy groups -OCH3 is 1. The van der Waals surface area contributed by atoms with Gasteiger partial charge < -0.3 is 15.4 Å². The van der Waals surface area contributed by atoms with E-state index in [1.165, 1.54) is 24.2 Å². The zero-order valence-corrected chi connectivity index (χ0v) is 17.9. The van der Waals surface area contributed by atoms with Gasteiger partial charge in [-0.3, -0.25) is 4.99 Å². The first-order valence-electron chi connectivity index (χ1n) is 8.45. The van der Waals surface area contributed by atoms with E-state index in [0.29, 0.717) is 4.75 Å². The molecule has 1 saturated carbocycles. The van der Waals surface area contributed by atoms with Gasteiger partial charge in [-0.25, -0.2) is 0 Å². The lowest BCUT2D eigenvalue weighted by atomic mass is 10.2. The highest BCUT2D eigenvalue weighted by Crippen LogP contribution is 2.51. The molecule has 2 N–H and O–H groups in total.